The highest BCUT2D eigenvalue weighted by Crippen LogP contribution is 2.36. The van der Waals surface area contributed by atoms with Crippen LogP contribution < -0.4 is 0 Å². The first-order valence-electron chi connectivity index (χ1n) is 7.89. The van der Waals surface area contributed by atoms with Gasteiger partial charge in [0.25, 0.3) is 0 Å². The Morgan fingerprint density at radius 1 is 1.15 bits per heavy atom. The molecule has 20 heavy (non-hydrogen) atoms. The first kappa shape index (κ1) is 15.1. The molecule has 2 nitrogen and oxygen atoms in total. The molecule has 0 aliphatic heterocycles. The lowest BCUT2D eigenvalue weighted by molar-refractivity contribution is -0.140. The van der Waals surface area contributed by atoms with E-state index in [1.807, 2.05) is 12.1 Å². The van der Waals surface area contributed by atoms with Crippen LogP contribution in [0.15, 0.2) is 24.3 Å². The summed E-state index contributed by atoms with van der Waals surface area (Å²) in [4.78, 5) is 11.7. The van der Waals surface area contributed by atoms with E-state index in [0.29, 0.717) is 11.8 Å². The molecule has 2 rings (SSSR count). The predicted molar refractivity (Wildman–Crippen MR) is 81.9 cm³/mol. The molecular weight excluding hydrogens is 248 g/mol. The summed E-state index contributed by atoms with van der Waals surface area (Å²) in [7, 11) is 0. The normalized spacial score (nSPS) is 18.1. The number of carbonyl (C=O) groups is 1. The van der Waals surface area contributed by atoms with E-state index in [-0.39, 0.29) is 5.92 Å². The van der Waals surface area contributed by atoms with Crippen LogP contribution in [0.3, 0.4) is 0 Å². The van der Waals surface area contributed by atoms with Gasteiger partial charge in [0.2, 0.25) is 0 Å². The summed E-state index contributed by atoms with van der Waals surface area (Å²) in [6.07, 6.45) is 6.80. The Bertz CT molecular complexity index is 427. The molecule has 2 heteroatoms. The van der Waals surface area contributed by atoms with Crippen LogP contribution in [0.2, 0.25) is 0 Å². The van der Waals surface area contributed by atoms with Crippen molar-refractivity contribution in [1.82, 2.24) is 0 Å². The number of hydrogen-bond acceptors (Lipinski definition) is 1. The van der Waals surface area contributed by atoms with Crippen molar-refractivity contribution in [3.05, 3.63) is 35.4 Å². The fraction of sp³-hybridized carbons (Fsp3) is 0.611. The number of carboxylic acid groups (broad SMARTS) is 1. The van der Waals surface area contributed by atoms with Crippen molar-refractivity contribution >= 4 is 5.97 Å². The first-order chi connectivity index (χ1) is 9.58. The summed E-state index contributed by atoms with van der Waals surface area (Å²) >= 11 is 0. The molecule has 0 amide bonds. The highest BCUT2D eigenvalue weighted by Gasteiger charge is 2.30. The lowest BCUT2D eigenvalue weighted by Gasteiger charge is -2.27. The molecule has 110 valence electrons. The molecule has 1 unspecified atom stereocenters. The number of hydrogen-bond donors (Lipinski definition) is 1. The number of carboxylic acids is 1. The summed E-state index contributed by atoms with van der Waals surface area (Å²) in [6.45, 7) is 4.41. The number of aliphatic carboxylic acids is 1. The second-order valence-corrected chi connectivity index (χ2v) is 6.55. The van der Waals surface area contributed by atoms with Crippen LogP contribution in [0.25, 0.3) is 0 Å². The smallest absolute Gasteiger partial charge is 0.311 e. The standard InChI is InChI=1S/C18H26O2/c1-13(2)12-14-8-10-16(11-9-14)17(18(19)20)15-6-4-3-5-7-15/h8-11,13,15,17H,3-7,12H2,1-2H3,(H,19,20). The molecular formula is C18H26O2. The van der Waals surface area contributed by atoms with Crippen molar-refractivity contribution in [2.24, 2.45) is 11.8 Å². The quantitative estimate of drug-likeness (QED) is 0.849. The summed E-state index contributed by atoms with van der Waals surface area (Å²) in [5, 5.41) is 9.59. The minimum Gasteiger partial charge on any atom is -0.481 e. The third kappa shape index (κ3) is 3.84. The molecule has 1 atom stereocenters. The molecule has 0 saturated heterocycles. The summed E-state index contributed by atoms with van der Waals surface area (Å²) in [6, 6.07) is 8.28. The Morgan fingerprint density at radius 3 is 2.25 bits per heavy atom. The van der Waals surface area contributed by atoms with Crippen LogP contribution in [-0.2, 0) is 11.2 Å². The van der Waals surface area contributed by atoms with Gasteiger partial charge in [0.05, 0.1) is 5.92 Å². The molecule has 1 aromatic rings. The lowest BCUT2D eigenvalue weighted by atomic mass is 9.76. The molecule has 0 heterocycles. The lowest BCUT2D eigenvalue weighted by Crippen LogP contribution is -2.23. The Balaban J connectivity index is 2.14. The molecule has 1 fully saturated rings. The third-order valence-electron chi connectivity index (χ3n) is 4.37. The van der Waals surface area contributed by atoms with E-state index >= 15 is 0 Å². The van der Waals surface area contributed by atoms with Gasteiger partial charge in [0, 0.05) is 0 Å². The second kappa shape index (κ2) is 6.92. The van der Waals surface area contributed by atoms with Gasteiger partial charge < -0.3 is 5.11 Å². The van der Waals surface area contributed by atoms with Crippen LogP contribution in [0, 0.1) is 11.8 Å². The average Bonchev–Trinajstić information content (AvgIpc) is 2.41. The van der Waals surface area contributed by atoms with E-state index in [0.717, 1.165) is 24.8 Å². The van der Waals surface area contributed by atoms with Crippen molar-refractivity contribution in [3.63, 3.8) is 0 Å². The SMILES string of the molecule is CC(C)Cc1ccc(C(C(=O)O)C2CCCCC2)cc1. The fourth-order valence-electron chi connectivity index (χ4n) is 3.42. The Labute approximate surface area is 122 Å². The highest BCUT2D eigenvalue weighted by atomic mass is 16.4. The van der Waals surface area contributed by atoms with Crippen molar-refractivity contribution in [2.75, 3.05) is 0 Å². The van der Waals surface area contributed by atoms with Crippen molar-refractivity contribution in [1.29, 1.82) is 0 Å². The maximum atomic E-state index is 11.7. The maximum Gasteiger partial charge on any atom is 0.311 e. The zero-order chi connectivity index (χ0) is 14.5. The number of benzene rings is 1. The Kier molecular flexibility index (Phi) is 5.22. The minimum absolute atomic E-state index is 0.316. The monoisotopic (exact) mass is 274 g/mol. The summed E-state index contributed by atoms with van der Waals surface area (Å²) < 4.78 is 0. The van der Waals surface area contributed by atoms with Gasteiger partial charge in [-0.2, -0.15) is 0 Å². The molecule has 0 aromatic heterocycles. The first-order valence-corrected chi connectivity index (χ1v) is 7.89. The molecule has 0 bridgehead atoms. The van der Waals surface area contributed by atoms with Gasteiger partial charge in [-0.3, -0.25) is 4.79 Å². The largest absolute Gasteiger partial charge is 0.481 e. The molecule has 1 saturated carbocycles. The zero-order valence-electron chi connectivity index (χ0n) is 12.6. The van der Waals surface area contributed by atoms with Gasteiger partial charge in [-0.1, -0.05) is 57.4 Å². The van der Waals surface area contributed by atoms with Gasteiger partial charge in [-0.25, -0.2) is 0 Å². The summed E-state index contributed by atoms with van der Waals surface area (Å²) in [5.41, 5.74) is 2.29. The molecule has 1 aromatic carbocycles. The summed E-state index contributed by atoms with van der Waals surface area (Å²) in [5.74, 6) is -0.0245. The Hall–Kier alpha value is -1.31. The van der Waals surface area contributed by atoms with Gasteiger partial charge in [0.1, 0.15) is 0 Å². The zero-order valence-corrected chi connectivity index (χ0v) is 12.6. The van der Waals surface area contributed by atoms with E-state index in [2.05, 4.69) is 26.0 Å². The fourth-order valence-corrected chi connectivity index (χ4v) is 3.42. The third-order valence-corrected chi connectivity index (χ3v) is 4.37. The molecule has 1 aliphatic rings. The molecule has 0 spiro atoms. The second-order valence-electron chi connectivity index (χ2n) is 6.55. The highest BCUT2D eigenvalue weighted by molar-refractivity contribution is 5.76. The van der Waals surface area contributed by atoms with Crippen LogP contribution in [0.5, 0.6) is 0 Å². The van der Waals surface area contributed by atoms with Crippen LogP contribution in [0.4, 0.5) is 0 Å². The van der Waals surface area contributed by atoms with E-state index in [9.17, 15) is 9.90 Å². The van der Waals surface area contributed by atoms with Crippen molar-refractivity contribution < 1.29 is 9.90 Å². The average molecular weight is 274 g/mol. The van der Waals surface area contributed by atoms with Crippen molar-refractivity contribution in [2.45, 2.75) is 58.3 Å². The molecule has 1 N–H and O–H groups in total. The minimum atomic E-state index is -0.659. The van der Waals surface area contributed by atoms with Gasteiger partial charge in [0.15, 0.2) is 0 Å². The van der Waals surface area contributed by atoms with Gasteiger partial charge in [-0.05, 0) is 42.2 Å². The predicted octanol–water partition coefficient (Wildman–Crippen LogP) is 4.63. The van der Waals surface area contributed by atoms with E-state index in [1.165, 1.54) is 24.8 Å². The van der Waals surface area contributed by atoms with Crippen molar-refractivity contribution in [3.8, 4) is 0 Å². The van der Waals surface area contributed by atoms with E-state index in [1.54, 1.807) is 0 Å². The van der Waals surface area contributed by atoms with Crippen LogP contribution in [-0.4, -0.2) is 11.1 Å². The van der Waals surface area contributed by atoms with E-state index in [4.69, 9.17) is 0 Å². The Morgan fingerprint density at radius 2 is 1.75 bits per heavy atom. The number of rotatable bonds is 5. The van der Waals surface area contributed by atoms with E-state index < -0.39 is 5.97 Å². The molecule has 0 radical (unpaired) electrons. The van der Waals surface area contributed by atoms with Gasteiger partial charge >= 0.3 is 5.97 Å². The maximum absolute atomic E-state index is 11.7. The van der Waals surface area contributed by atoms with Crippen LogP contribution >= 0.6 is 0 Å². The molecule has 1 aliphatic carbocycles. The van der Waals surface area contributed by atoms with Crippen LogP contribution in [0.1, 0.15) is 63.0 Å². The topological polar surface area (TPSA) is 37.3 Å². The van der Waals surface area contributed by atoms with Gasteiger partial charge in [-0.15, -0.1) is 0 Å².